The molecule has 0 radical (unpaired) electrons. The topological polar surface area (TPSA) is 58.6 Å². The van der Waals surface area contributed by atoms with Crippen LogP contribution in [0.4, 0.5) is 5.69 Å². The maximum atomic E-state index is 11.3. The lowest BCUT2D eigenvalue weighted by Crippen LogP contribution is -2.52. The molecule has 2 atom stereocenters. The van der Waals surface area contributed by atoms with Crippen molar-refractivity contribution in [3.8, 4) is 0 Å². The van der Waals surface area contributed by atoms with Crippen LogP contribution in [0, 0.1) is 0 Å². The van der Waals surface area contributed by atoms with Crippen molar-refractivity contribution in [1.29, 1.82) is 0 Å². The molecule has 17 heavy (non-hydrogen) atoms. The number of carboxylic acids is 1. The van der Waals surface area contributed by atoms with Crippen molar-refractivity contribution >= 4 is 23.3 Å². The molecular weight excluding hydrogens is 242 g/mol. The van der Waals surface area contributed by atoms with Gasteiger partial charge >= 0.3 is 5.97 Å². The van der Waals surface area contributed by atoms with E-state index in [0.29, 0.717) is 10.7 Å². The van der Waals surface area contributed by atoms with E-state index in [9.17, 15) is 9.90 Å². The van der Waals surface area contributed by atoms with Gasteiger partial charge in [0, 0.05) is 17.8 Å². The quantitative estimate of drug-likeness (QED) is 0.851. The van der Waals surface area contributed by atoms with Gasteiger partial charge in [-0.15, -0.1) is 0 Å². The van der Waals surface area contributed by atoms with Gasteiger partial charge in [0.1, 0.15) is 0 Å². The third kappa shape index (κ3) is 3.11. The third-order valence-electron chi connectivity index (χ3n) is 2.84. The number of halogens is 1. The second-order valence-corrected chi connectivity index (χ2v) is 4.46. The van der Waals surface area contributed by atoms with Crippen LogP contribution in [0.5, 0.6) is 0 Å². The van der Waals surface area contributed by atoms with Crippen LogP contribution in [0.2, 0.25) is 5.02 Å². The van der Waals surface area contributed by atoms with E-state index >= 15 is 0 Å². The van der Waals surface area contributed by atoms with E-state index in [1.165, 1.54) is 7.11 Å². The summed E-state index contributed by atoms with van der Waals surface area (Å²) >= 11 is 5.85. The largest absolute Gasteiger partial charge is 0.479 e. The summed E-state index contributed by atoms with van der Waals surface area (Å²) in [6.07, 6.45) is -0.487. The lowest BCUT2D eigenvalue weighted by molar-refractivity contribution is -0.146. The van der Waals surface area contributed by atoms with Crippen LogP contribution in [-0.2, 0) is 9.53 Å². The molecule has 0 aliphatic rings. The first-order valence-electron chi connectivity index (χ1n) is 5.20. The molecule has 0 bridgehead atoms. The van der Waals surface area contributed by atoms with Crippen molar-refractivity contribution in [3.05, 3.63) is 29.3 Å². The normalized spacial score (nSPS) is 16.0. The van der Waals surface area contributed by atoms with Crippen molar-refractivity contribution in [3.63, 3.8) is 0 Å². The van der Waals surface area contributed by atoms with Gasteiger partial charge in [-0.1, -0.05) is 17.7 Å². The van der Waals surface area contributed by atoms with E-state index < -0.39 is 17.6 Å². The van der Waals surface area contributed by atoms with Gasteiger partial charge in [0.15, 0.2) is 5.54 Å². The van der Waals surface area contributed by atoms with Crippen LogP contribution >= 0.6 is 11.6 Å². The number of anilines is 1. The Labute approximate surface area is 106 Å². The van der Waals surface area contributed by atoms with Crippen LogP contribution in [0.3, 0.4) is 0 Å². The van der Waals surface area contributed by atoms with Gasteiger partial charge in [0.2, 0.25) is 0 Å². The number of rotatable bonds is 5. The number of methoxy groups -OCH3 is 1. The zero-order valence-corrected chi connectivity index (χ0v) is 10.8. The fraction of sp³-hybridized carbons (Fsp3) is 0.417. The summed E-state index contributed by atoms with van der Waals surface area (Å²) in [6, 6.07) is 6.91. The van der Waals surface area contributed by atoms with Gasteiger partial charge in [0.25, 0.3) is 0 Å². The van der Waals surface area contributed by atoms with E-state index in [0.717, 1.165) is 0 Å². The Balaban J connectivity index is 2.99. The van der Waals surface area contributed by atoms with Crippen LogP contribution < -0.4 is 5.32 Å². The predicted octanol–water partition coefficient (Wildman–Crippen LogP) is 2.63. The van der Waals surface area contributed by atoms with Crippen molar-refractivity contribution in [2.75, 3.05) is 12.4 Å². The summed E-state index contributed by atoms with van der Waals surface area (Å²) in [5.41, 5.74) is -0.564. The molecule has 94 valence electrons. The molecule has 2 N–H and O–H groups in total. The van der Waals surface area contributed by atoms with Gasteiger partial charge in [-0.2, -0.15) is 0 Å². The minimum Gasteiger partial charge on any atom is -0.479 e. The number of carboxylic acid groups (broad SMARTS) is 1. The van der Waals surface area contributed by atoms with Crippen molar-refractivity contribution in [2.24, 2.45) is 0 Å². The fourth-order valence-electron chi connectivity index (χ4n) is 1.43. The lowest BCUT2D eigenvalue weighted by Gasteiger charge is -2.32. The van der Waals surface area contributed by atoms with Gasteiger partial charge < -0.3 is 15.2 Å². The molecule has 0 amide bonds. The zero-order chi connectivity index (χ0) is 13.1. The maximum Gasteiger partial charge on any atom is 0.331 e. The number of hydrogen-bond acceptors (Lipinski definition) is 3. The standard InChI is InChI=1S/C12H16ClNO3/c1-8(17-3)12(2,11(15)16)14-10-6-4-5-9(13)7-10/h4-8,14H,1-3H3,(H,15,16). The van der Waals surface area contributed by atoms with E-state index in [2.05, 4.69) is 5.32 Å². The van der Waals surface area contributed by atoms with E-state index in [4.69, 9.17) is 16.3 Å². The Bertz CT molecular complexity index is 410. The molecular formula is C12H16ClNO3. The monoisotopic (exact) mass is 257 g/mol. The molecule has 0 heterocycles. The lowest BCUT2D eigenvalue weighted by atomic mass is 9.95. The number of hydrogen-bond donors (Lipinski definition) is 2. The van der Waals surface area contributed by atoms with Crippen molar-refractivity contribution in [2.45, 2.75) is 25.5 Å². The summed E-state index contributed by atoms with van der Waals surface area (Å²) in [4.78, 5) is 11.3. The minimum atomic E-state index is -1.21. The fourth-order valence-corrected chi connectivity index (χ4v) is 1.62. The molecule has 0 aliphatic heterocycles. The molecule has 5 heteroatoms. The molecule has 0 saturated heterocycles. The maximum absolute atomic E-state index is 11.3. The molecule has 0 spiro atoms. The summed E-state index contributed by atoms with van der Waals surface area (Å²) in [5.74, 6) is -0.980. The third-order valence-corrected chi connectivity index (χ3v) is 3.07. The minimum absolute atomic E-state index is 0.487. The van der Waals surface area contributed by atoms with Gasteiger partial charge in [0.05, 0.1) is 6.10 Å². The first-order valence-corrected chi connectivity index (χ1v) is 5.58. The Kier molecular flexibility index (Phi) is 4.37. The zero-order valence-electron chi connectivity index (χ0n) is 10.0. The number of benzene rings is 1. The van der Waals surface area contributed by atoms with E-state index in [1.807, 2.05) is 0 Å². The predicted molar refractivity (Wildman–Crippen MR) is 67.6 cm³/mol. The molecule has 0 fully saturated rings. The molecule has 4 nitrogen and oxygen atoms in total. The van der Waals surface area contributed by atoms with Gasteiger partial charge in [-0.3, -0.25) is 0 Å². The number of carbonyl (C=O) groups is 1. The SMILES string of the molecule is COC(C)C(C)(Nc1cccc(Cl)c1)C(=O)O. The molecule has 1 rings (SSSR count). The Morgan fingerprint density at radius 3 is 2.71 bits per heavy atom. The number of nitrogens with one attached hydrogen (secondary N) is 1. The van der Waals surface area contributed by atoms with Gasteiger partial charge in [-0.05, 0) is 32.0 Å². The molecule has 0 aromatic heterocycles. The highest BCUT2D eigenvalue weighted by Crippen LogP contribution is 2.23. The van der Waals surface area contributed by atoms with Crippen LogP contribution in [0.15, 0.2) is 24.3 Å². The van der Waals surface area contributed by atoms with E-state index in [-0.39, 0.29) is 0 Å². The average Bonchev–Trinajstić information content (AvgIpc) is 2.27. The summed E-state index contributed by atoms with van der Waals surface area (Å²) in [7, 11) is 1.48. The average molecular weight is 258 g/mol. The van der Waals surface area contributed by atoms with Crippen LogP contribution in [0.1, 0.15) is 13.8 Å². The molecule has 2 unspecified atom stereocenters. The second kappa shape index (κ2) is 5.38. The highest BCUT2D eigenvalue weighted by Gasteiger charge is 2.39. The first-order chi connectivity index (χ1) is 7.90. The molecule has 0 saturated carbocycles. The van der Waals surface area contributed by atoms with Crippen molar-refractivity contribution in [1.82, 2.24) is 0 Å². The second-order valence-electron chi connectivity index (χ2n) is 4.02. The molecule has 1 aromatic carbocycles. The van der Waals surface area contributed by atoms with Crippen LogP contribution in [-0.4, -0.2) is 29.8 Å². The highest BCUT2D eigenvalue weighted by molar-refractivity contribution is 6.30. The molecule has 1 aromatic rings. The van der Waals surface area contributed by atoms with E-state index in [1.54, 1.807) is 38.1 Å². The Morgan fingerprint density at radius 2 is 2.24 bits per heavy atom. The summed E-state index contributed by atoms with van der Waals surface area (Å²) in [5, 5.41) is 12.8. The van der Waals surface area contributed by atoms with Crippen LogP contribution in [0.25, 0.3) is 0 Å². The smallest absolute Gasteiger partial charge is 0.331 e. The highest BCUT2D eigenvalue weighted by atomic mass is 35.5. The molecule has 0 aliphatic carbocycles. The summed E-state index contributed by atoms with van der Waals surface area (Å²) < 4.78 is 5.10. The van der Waals surface area contributed by atoms with Gasteiger partial charge in [-0.25, -0.2) is 4.79 Å². The van der Waals surface area contributed by atoms with Crippen molar-refractivity contribution < 1.29 is 14.6 Å². The number of aliphatic carboxylic acids is 1. The number of ether oxygens (including phenoxy) is 1. The Hall–Kier alpha value is -1.26. The summed E-state index contributed by atoms with van der Waals surface area (Å²) in [6.45, 7) is 3.27. The first kappa shape index (κ1) is 13.8. The Morgan fingerprint density at radius 1 is 1.59 bits per heavy atom.